The van der Waals surface area contributed by atoms with Gasteiger partial charge in [0.25, 0.3) is 0 Å². The largest absolute Gasteiger partial charge is 0.497 e. The first-order valence-electron chi connectivity index (χ1n) is 7.35. The number of ether oxygens (including phenoxy) is 1. The summed E-state index contributed by atoms with van der Waals surface area (Å²) in [5.74, 6) is 0.654. The number of nitrogens with zero attached hydrogens (tertiary/aromatic N) is 1. The molecule has 1 saturated carbocycles. The van der Waals surface area contributed by atoms with Gasteiger partial charge in [0.1, 0.15) is 5.75 Å². The van der Waals surface area contributed by atoms with Gasteiger partial charge in [0.05, 0.1) is 12.0 Å². The van der Waals surface area contributed by atoms with Gasteiger partial charge in [0.15, 0.2) is 0 Å². The Bertz CT molecular complexity index is 581. The Morgan fingerprint density at radius 1 is 1.33 bits per heavy atom. The predicted octanol–water partition coefficient (Wildman–Crippen LogP) is 1.76. The molecule has 0 bridgehead atoms. The van der Waals surface area contributed by atoms with Crippen LogP contribution in [0.25, 0.3) is 0 Å². The van der Waals surface area contributed by atoms with Crippen molar-refractivity contribution in [3.05, 3.63) is 23.8 Å². The number of benzene rings is 1. The lowest BCUT2D eigenvalue weighted by molar-refractivity contribution is 0.372. The molecule has 0 unspecified atom stereocenters. The smallest absolute Gasteiger partial charge is 0.243 e. The second-order valence-corrected chi connectivity index (χ2v) is 7.44. The summed E-state index contributed by atoms with van der Waals surface area (Å²) in [6.45, 7) is 0.406. The van der Waals surface area contributed by atoms with Crippen LogP contribution in [0, 0.1) is 0 Å². The topological polar surface area (TPSA) is 72.6 Å². The minimum Gasteiger partial charge on any atom is -0.497 e. The quantitative estimate of drug-likeness (QED) is 0.869. The van der Waals surface area contributed by atoms with Crippen LogP contribution < -0.4 is 10.5 Å². The molecule has 1 aromatic rings. The minimum atomic E-state index is -3.48. The van der Waals surface area contributed by atoms with Gasteiger partial charge < -0.3 is 10.5 Å². The third-order valence-corrected chi connectivity index (χ3v) is 6.19. The van der Waals surface area contributed by atoms with Crippen molar-refractivity contribution in [2.45, 2.75) is 43.0 Å². The molecule has 21 heavy (non-hydrogen) atoms. The number of nitrogens with two attached hydrogens (primary N) is 1. The zero-order valence-corrected chi connectivity index (χ0v) is 13.5. The molecule has 5 nitrogen and oxygen atoms in total. The van der Waals surface area contributed by atoms with E-state index in [2.05, 4.69) is 0 Å². The van der Waals surface area contributed by atoms with E-state index < -0.39 is 10.0 Å². The molecule has 6 heteroatoms. The van der Waals surface area contributed by atoms with Crippen molar-refractivity contribution in [3.8, 4) is 5.75 Å². The van der Waals surface area contributed by atoms with Gasteiger partial charge in [0.2, 0.25) is 10.0 Å². The highest BCUT2D eigenvalue weighted by Gasteiger charge is 2.31. The van der Waals surface area contributed by atoms with Gasteiger partial charge >= 0.3 is 0 Å². The van der Waals surface area contributed by atoms with E-state index in [1.807, 2.05) is 0 Å². The Morgan fingerprint density at radius 3 is 2.57 bits per heavy atom. The van der Waals surface area contributed by atoms with Gasteiger partial charge in [-0.05, 0) is 49.6 Å². The summed E-state index contributed by atoms with van der Waals surface area (Å²) in [5.41, 5.74) is 6.34. The van der Waals surface area contributed by atoms with Gasteiger partial charge in [-0.3, -0.25) is 0 Å². The Hall–Kier alpha value is -1.11. The zero-order chi connectivity index (χ0) is 15.5. The molecule has 0 heterocycles. The second-order valence-electron chi connectivity index (χ2n) is 5.47. The van der Waals surface area contributed by atoms with Crippen molar-refractivity contribution in [1.82, 2.24) is 4.31 Å². The van der Waals surface area contributed by atoms with Crippen molar-refractivity contribution in [1.29, 1.82) is 0 Å². The lowest BCUT2D eigenvalue weighted by atomic mass is 10.1. The van der Waals surface area contributed by atoms with Crippen molar-refractivity contribution >= 4 is 10.0 Å². The number of sulfonamides is 1. The molecule has 118 valence electrons. The van der Waals surface area contributed by atoms with Crippen LogP contribution in [-0.2, 0) is 16.4 Å². The summed E-state index contributed by atoms with van der Waals surface area (Å²) in [6.07, 6.45) is 4.60. The van der Waals surface area contributed by atoms with E-state index in [0.29, 0.717) is 23.6 Å². The number of rotatable bonds is 6. The number of hydrogen-bond donors (Lipinski definition) is 1. The van der Waals surface area contributed by atoms with E-state index in [4.69, 9.17) is 10.5 Å². The van der Waals surface area contributed by atoms with E-state index in [1.165, 1.54) is 4.31 Å². The Morgan fingerprint density at radius 2 is 2.00 bits per heavy atom. The normalized spacial score (nSPS) is 16.6. The lowest BCUT2D eigenvalue weighted by Crippen LogP contribution is -2.35. The van der Waals surface area contributed by atoms with Crippen LogP contribution in [0.4, 0.5) is 0 Å². The fraction of sp³-hybridized carbons (Fsp3) is 0.600. The lowest BCUT2D eigenvalue weighted by Gasteiger charge is -2.25. The van der Waals surface area contributed by atoms with Crippen molar-refractivity contribution in [2.75, 3.05) is 20.7 Å². The van der Waals surface area contributed by atoms with E-state index in [1.54, 1.807) is 32.4 Å². The van der Waals surface area contributed by atoms with Crippen molar-refractivity contribution < 1.29 is 13.2 Å². The summed E-state index contributed by atoms with van der Waals surface area (Å²) in [7, 11) is -0.226. The van der Waals surface area contributed by atoms with Gasteiger partial charge in [-0.15, -0.1) is 0 Å². The highest BCUT2D eigenvalue weighted by molar-refractivity contribution is 7.89. The maximum atomic E-state index is 12.9. The standard InChI is InChI=1S/C15H24N2O3S/c1-17(13-5-3-4-6-13)21(18,19)15-8-7-14(20-2)11-12(15)9-10-16/h7-8,11,13H,3-6,9-10,16H2,1-2H3. The van der Waals surface area contributed by atoms with Crippen LogP contribution in [0.2, 0.25) is 0 Å². The van der Waals surface area contributed by atoms with Crippen LogP contribution in [0.5, 0.6) is 5.75 Å². The van der Waals surface area contributed by atoms with Gasteiger partial charge in [-0.2, -0.15) is 4.31 Å². The SMILES string of the molecule is COc1ccc(S(=O)(=O)N(C)C2CCCC2)c(CCN)c1. The van der Waals surface area contributed by atoms with Crippen molar-refractivity contribution in [2.24, 2.45) is 5.73 Å². The first kappa shape index (κ1) is 16.3. The van der Waals surface area contributed by atoms with E-state index >= 15 is 0 Å². The van der Waals surface area contributed by atoms with Crippen LogP contribution in [0.15, 0.2) is 23.1 Å². The molecular weight excluding hydrogens is 288 g/mol. The van der Waals surface area contributed by atoms with Gasteiger partial charge in [-0.1, -0.05) is 12.8 Å². The zero-order valence-electron chi connectivity index (χ0n) is 12.7. The average Bonchev–Trinajstić information content (AvgIpc) is 3.00. The molecule has 2 N–H and O–H groups in total. The maximum absolute atomic E-state index is 12.9. The van der Waals surface area contributed by atoms with Crippen molar-refractivity contribution in [3.63, 3.8) is 0 Å². The van der Waals surface area contributed by atoms with Gasteiger partial charge in [-0.25, -0.2) is 8.42 Å². The maximum Gasteiger partial charge on any atom is 0.243 e. The molecular formula is C15H24N2O3S. The number of methoxy groups -OCH3 is 1. The Kier molecular flexibility index (Phi) is 5.24. The van der Waals surface area contributed by atoms with Crippen LogP contribution in [0.3, 0.4) is 0 Å². The molecule has 0 spiro atoms. The molecule has 1 aliphatic rings. The summed E-state index contributed by atoms with van der Waals surface area (Å²) < 4.78 is 32.4. The molecule has 0 amide bonds. The first-order valence-corrected chi connectivity index (χ1v) is 8.79. The molecule has 1 aliphatic carbocycles. The Labute approximate surface area is 127 Å². The predicted molar refractivity (Wildman–Crippen MR) is 83.0 cm³/mol. The molecule has 2 rings (SSSR count). The summed E-state index contributed by atoms with van der Waals surface area (Å²) in [4.78, 5) is 0.350. The van der Waals surface area contributed by atoms with E-state index in [9.17, 15) is 8.42 Å². The van der Waals surface area contributed by atoms with E-state index in [0.717, 1.165) is 31.2 Å². The molecule has 1 fully saturated rings. The Balaban J connectivity index is 2.38. The van der Waals surface area contributed by atoms with Gasteiger partial charge in [0, 0.05) is 13.1 Å². The third kappa shape index (κ3) is 3.39. The first-order chi connectivity index (χ1) is 10.0. The summed E-state index contributed by atoms with van der Waals surface area (Å²) >= 11 is 0. The molecule has 0 aliphatic heterocycles. The minimum absolute atomic E-state index is 0.114. The summed E-state index contributed by atoms with van der Waals surface area (Å²) in [6, 6.07) is 5.20. The van der Waals surface area contributed by atoms with Crippen LogP contribution in [-0.4, -0.2) is 39.5 Å². The monoisotopic (exact) mass is 312 g/mol. The van der Waals surface area contributed by atoms with Crippen LogP contribution >= 0.6 is 0 Å². The summed E-state index contributed by atoms with van der Waals surface area (Å²) in [5, 5.41) is 0. The molecule has 0 aromatic heterocycles. The second kappa shape index (κ2) is 6.77. The molecule has 0 saturated heterocycles. The molecule has 0 radical (unpaired) electrons. The van der Waals surface area contributed by atoms with E-state index in [-0.39, 0.29) is 6.04 Å². The highest BCUT2D eigenvalue weighted by atomic mass is 32.2. The third-order valence-electron chi connectivity index (χ3n) is 4.18. The van der Waals surface area contributed by atoms with Crippen LogP contribution in [0.1, 0.15) is 31.2 Å². The molecule has 1 aromatic carbocycles. The number of hydrogen-bond acceptors (Lipinski definition) is 4. The average molecular weight is 312 g/mol. The fourth-order valence-electron chi connectivity index (χ4n) is 2.90. The molecule has 0 atom stereocenters. The highest BCUT2D eigenvalue weighted by Crippen LogP contribution is 2.30. The fourth-order valence-corrected chi connectivity index (χ4v) is 4.55.